The van der Waals surface area contributed by atoms with Gasteiger partial charge in [0.25, 0.3) is 0 Å². The first kappa shape index (κ1) is 8.21. The molecule has 0 unspecified atom stereocenters. The van der Waals surface area contributed by atoms with Gasteiger partial charge in [-0.15, -0.1) is 0 Å². The molecule has 0 atom stereocenters. The lowest BCUT2D eigenvalue weighted by molar-refractivity contribution is 0.530. The highest BCUT2D eigenvalue weighted by atomic mass is 79.9. The molecule has 0 fully saturated rings. The maximum Gasteiger partial charge on any atom is 0.113 e. The fourth-order valence-corrected chi connectivity index (χ4v) is 1.93. The van der Waals surface area contributed by atoms with Crippen molar-refractivity contribution in [3.05, 3.63) is 24.2 Å². The molecule has 1 nitrogen and oxygen atoms in total. The summed E-state index contributed by atoms with van der Waals surface area (Å²) in [6.45, 7) is 0. The van der Waals surface area contributed by atoms with Gasteiger partial charge in [-0.25, -0.2) is 0 Å². The van der Waals surface area contributed by atoms with E-state index in [0.717, 1.165) is 22.6 Å². The predicted molar refractivity (Wildman–Crippen MR) is 48.7 cm³/mol. The molecule has 0 aliphatic rings. The van der Waals surface area contributed by atoms with Crippen molar-refractivity contribution < 1.29 is 4.42 Å². The molecule has 0 N–H and O–H groups in total. The van der Waals surface area contributed by atoms with E-state index in [0.29, 0.717) is 0 Å². The smallest absolute Gasteiger partial charge is 0.113 e. The van der Waals surface area contributed by atoms with Crippen LogP contribution in [0, 0.1) is 0 Å². The highest BCUT2D eigenvalue weighted by Crippen LogP contribution is 2.12. The van der Waals surface area contributed by atoms with Gasteiger partial charge in [0.2, 0.25) is 0 Å². The third-order valence-corrected chi connectivity index (χ3v) is 2.95. The van der Waals surface area contributed by atoms with Gasteiger partial charge in [0.15, 0.2) is 0 Å². The minimum absolute atomic E-state index is 0.985. The van der Waals surface area contributed by atoms with E-state index in [1.165, 1.54) is 0 Å². The van der Waals surface area contributed by atoms with Crippen molar-refractivity contribution in [2.24, 2.45) is 0 Å². The van der Waals surface area contributed by atoms with Crippen molar-refractivity contribution >= 4 is 27.7 Å². The lowest BCUT2D eigenvalue weighted by Gasteiger charge is -1.92. The Balaban J connectivity index is 2.15. The molecule has 10 heavy (non-hydrogen) atoms. The molecule has 0 aliphatic carbocycles. The highest BCUT2D eigenvalue weighted by molar-refractivity contribution is 9.09. The summed E-state index contributed by atoms with van der Waals surface area (Å²) in [6, 6.07) is 3.92. The van der Waals surface area contributed by atoms with Gasteiger partial charge in [-0.2, -0.15) is 11.8 Å². The Kier molecular flexibility index (Phi) is 3.98. The van der Waals surface area contributed by atoms with Crippen molar-refractivity contribution in [3.63, 3.8) is 0 Å². The van der Waals surface area contributed by atoms with E-state index >= 15 is 0 Å². The first-order chi connectivity index (χ1) is 4.93. The largest absolute Gasteiger partial charge is 0.468 e. The van der Waals surface area contributed by atoms with Crippen LogP contribution in [0.4, 0.5) is 0 Å². The zero-order chi connectivity index (χ0) is 7.23. The zero-order valence-electron chi connectivity index (χ0n) is 5.55. The van der Waals surface area contributed by atoms with Gasteiger partial charge in [-0.3, -0.25) is 0 Å². The van der Waals surface area contributed by atoms with Crippen LogP contribution in [0.15, 0.2) is 22.8 Å². The Hall–Kier alpha value is 0.110. The Morgan fingerprint density at radius 2 is 2.50 bits per heavy atom. The van der Waals surface area contributed by atoms with E-state index in [2.05, 4.69) is 15.9 Å². The van der Waals surface area contributed by atoms with E-state index in [9.17, 15) is 0 Å². The molecule has 0 aromatic carbocycles. The molecule has 1 rings (SSSR count). The summed E-state index contributed by atoms with van der Waals surface area (Å²) in [6.07, 6.45) is 1.71. The normalized spacial score (nSPS) is 10.1. The summed E-state index contributed by atoms with van der Waals surface area (Å²) in [5, 5.41) is 1.05. The minimum atomic E-state index is 0.985. The molecule has 1 aromatic rings. The van der Waals surface area contributed by atoms with Crippen molar-refractivity contribution in [3.8, 4) is 0 Å². The number of halogens is 1. The summed E-state index contributed by atoms with van der Waals surface area (Å²) in [4.78, 5) is 0. The molecule has 0 aliphatic heterocycles. The quantitative estimate of drug-likeness (QED) is 0.572. The zero-order valence-corrected chi connectivity index (χ0v) is 7.95. The molecule has 1 heterocycles. The lowest BCUT2D eigenvalue weighted by atomic mass is 10.5. The van der Waals surface area contributed by atoms with E-state index in [-0.39, 0.29) is 0 Å². The second-order valence-corrected chi connectivity index (χ2v) is 3.72. The Labute approximate surface area is 73.3 Å². The molecule has 0 bridgehead atoms. The summed E-state index contributed by atoms with van der Waals surface area (Å²) < 4.78 is 5.14. The Morgan fingerprint density at radius 1 is 1.60 bits per heavy atom. The standard InChI is InChI=1S/C7H9BrOS/c8-3-5-10-6-7-2-1-4-9-7/h1-2,4H,3,5-6H2. The third kappa shape index (κ3) is 2.80. The second-order valence-electron chi connectivity index (χ2n) is 1.82. The van der Waals surface area contributed by atoms with Crippen LogP contribution in [0.1, 0.15) is 5.76 Å². The number of alkyl halides is 1. The maximum atomic E-state index is 5.14. The molecule has 0 saturated heterocycles. The summed E-state index contributed by atoms with van der Waals surface area (Å²) in [7, 11) is 0. The molecule has 3 heteroatoms. The molecule has 0 radical (unpaired) electrons. The average molecular weight is 221 g/mol. The van der Waals surface area contributed by atoms with Gasteiger partial charge in [-0.05, 0) is 12.1 Å². The number of furan rings is 1. The van der Waals surface area contributed by atoms with Crippen LogP contribution in [0.3, 0.4) is 0 Å². The molecular formula is C7H9BrOS. The van der Waals surface area contributed by atoms with Crippen LogP contribution in [0.5, 0.6) is 0 Å². The predicted octanol–water partition coefficient (Wildman–Crippen LogP) is 2.91. The van der Waals surface area contributed by atoms with Gasteiger partial charge in [0.1, 0.15) is 5.76 Å². The summed E-state index contributed by atoms with van der Waals surface area (Å²) in [5.41, 5.74) is 0. The SMILES string of the molecule is BrCCSCc1ccco1. The topological polar surface area (TPSA) is 13.1 Å². The van der Waals surface area contributed by atoms with Gasteiger partial charge < -0.3 is 4.42 Å². The van der Waals surface area contributed by atoms with Crippen molar-refractivity contribution in [2.75, 3.05) is 11.1 Å². The van der Waals surface area contributed by atoms with Crippen LogP contribution in [-0.2, 0) is 5.75 Å². The molecule has 0 amide bonds. The molecule has 56 valence electrons. The molecular weight excluding hydrogens is 212 g/mol. The number of hydrogen-bond acceptors (Lipinski definition) is 2. The summed E-state index contributed by atoms with van der Waals surface area (Å²) in [5.74, 6) is 3.19. The van der Waals surface area contributed by atoms with Gasteiger partial charge in [0, 0.05) is 11.1 Å². The second kappa shape index (κ2) is 4.85. The Bertz CT molecular complexity index is 162. The first-order valence-corrected chi connectivity index (χ1v) is 5.37. The van der Waals surface area contributed by atoms with Crippen LogP contribution < -0.4 is 0 Å². The molecule has 1 aromatic heterocycles. The number of rotatable bonds is 4. The van der Waals surface area contributed by atoms with Gasteiger partial charge >= 0.3 is 0 Å². The summed E-state index contributed by atoms with van der Waals surface area (Å²) >= 11 is 5.23. The molecule has 0 saturated carbocycles. The molecule has 0 spiro atoms. The van der Waals surface area contributed by atoms with Crippen molar-refractivity contribution in [1.82, 2.24) is 0 Å². The van der Waals surface area contributed by atoms with Gasteiger partial charge in [-0.1, -0.05) is 15.9 Å². The average Bonchev–Trinajstić information content (AvgIpc) is 2.41. The van der Waals surface area contributed by atoms with Crippen LogP contribution >= 0.6 is 27.7 Å². The Morgan fingerprint density at radius 3 is 3.10 bits per heavy atom. The lowest BCUT2D eigenvalue weighted by Crippen LogP contribution is -1.79. The van der Waals surface area contributed by atoms with E-state index < -0.39 is 0 Å². The highest BCUT2D eigenvalue weighted by Gasteiger charge is 1.93. The van der Waals surface area contributed by atoms with E-state index in [4.69, 9.17) is 4.42 Å². The van der Waals surface area contributed by atoms with Crippen LogP contribution in [0.2, 0.25) is 0 Å². The third-order valence-electron chi connectivity index (χ3n) is 1.05. The minimum Gasteiger partial charge on any atom is -0.468 e. The van der Waals surface area contributed by atoms with Crippen molar-refractivity contribution in [1.29, 1.82) is 0 Å². The van der Waals surface area contributed by atoms with Crippen LogP contribution in [-0.4, -0.2) is 11.1 Å². The monoisotopic (exact) mass is 220 g/mol. The van der Waals surface area contributed by atoms with Crippen molar-refractivity contribution in [2.45, 2.75) is 5.75 Å². The maximum absolute atomic E-state index is 5.14. The number of thioether (sulfide) groups is 1. The van der Waals surface area contributed by atoms with E-state index in [1.54, 1.807) is 6.26 Å². The first-order valence-electron chi connectivity index (χ1n) is 3.09. The van der Waals surface area contributed by atoms with Gasteiger partial charge in [0.05, 0.1) is 12.0 Å². The van der Waals surface area contributed by atoms with E-state index in [1.807, 2.05) is 23.9 Å². The fourth-order valence-electron chi connectivity index (χ4n) is 0.622. The fraction of sp³-hybridized carbons (Fsp3) is 0.429. The van der Waals surface area contributed by atoms with Crippen LogP contribution in [0.25, 0.3) is 0 Å². The number of hydrogen-bond donors (Lipinski definition) is 0.